The van der Waals surface area contributed by atoms with Gasteiger partial charge in [0.25, 0.3) is 0 Å². The van der Waals surface area contributed by atoms with Gasteiger partial charge < -0.3 is 5.32 Å². The van der Waals surface area contributed by atoms with E-state index in [-0.39, 0.29) is 5.54 Å². The molecule has 1 N–H and O–H groups in total. The van der Waals surface area contributed by atoms with Gasteiger partial charge in [0, 0.05) is 10.6 Å². The minimum absolute atomic E-state index is 0.197. The third kappa shape index (κ3) is 2.19. The van der Waals surface area contributed by atoms with Crippen molar-refractivity contribution >= 4 is 11.6 Å². The molecule has 82 valence electrons. The molecule has 0 spiro atoms. The molecular formula is C13H18ClN. The van der Waals surface area contributed by atoms with Gasteiger partial charge >= 0.3 is 0 Å². The highest BCUT2D eigenvalue weighted by Crippen LogP contribution is 2.33. The Labute approximate surface area is 96.8 Å². The van der Waals surface area contributed by atoms with Gasteiger partial charge in [-0.15, -0.1) is 0 Å². The minimum atomic E-state index is 0.197. The Morgan fingerprint density at radius 2 is 2.00 bits per heavy atom. The lowest BCUT2D eigenvalue weighted by Crippen LogP contribution is -2.45. The van der Waals surface area contributed by atoms with Gasteiger partial charge in [0.05, 0.1) is 0 Å². The summed E-state index contributed by atoms with van der Waals surface area (Å²) in [7, 11) is 0. The van der Waals surface area contributed by atoms with E-state index in [2.05, 4.69) is 24.4 Å². The van der Waals surface area contributed by atoms with Crippen molar-refractivity contribution in [3.63, 3.8) is 0 Å². The van der Waals surface area contributed by atoms with Crippen LogP contribution in [0.3, 0.4) is 0 Å². The third-order valence-corrected chi connectivity index (χ3v) is 3.75. The van der Waals surface area contributed by atoms with Gasteiger partial charge in [-0.2, -0.15) is 0 Å². The molecule has 0 radical (unpaired) electrons. The first-order valence-corrected chi connectivity index (χ1v) is 6.16. The maximum atomic E-state index is 5.92. The van der Waals surface area contributed by atoms with Crippen molar-refractivity contribution in [2.75, 3.05) is 6.54 Å². The molecule has 1 heterocycles. The van der Waals surface area contributed by atoms with Crippen LogP contribution in [0.5, 0.6) is 0 Å². The molecule has 1 saturated heterocycles. The van der Waals surface area contributed by atoms with Crippen molar-refractivity contribution in [2.24, 2.45) is 0 Å². The number of hydrogen-bond acceptors (Lipinski definition) is 1. The molecule has 1 aromatic carbocycles. The summed E-state index contributed by atoms with van der Waals surface area (Å²) in [5.41, 5.74) is 1.58. The highest BCUT2D eigenvalue weighted by molar-refractivity contribution is 6.30. The lowest BCUT2D eigenvalue weighted by atomic mass is 9.80. The van der Waals surface area contributed by atoms with Crippen molar-refractivity contribution < 1.29 is 0 Å². The zero-order valence-corrected chi connectivity index (χ0v) is 9.98. The predicted octanol–water partition coefficient (Wildman–Crippen LogP) is 3.72. The second-order valence-electron chi connectivity index (χ2n) is 4.33. The summed E-state index contributed by atoms with van der Waals surface area (Å²) in [6.07, 6.45) is 5.01. The van der Waals surface area contributed by atoms with Crippen LogP contribution in [0.4, 0.5) is 0 Å². The van der Waals surface area contributed by atoms with Crippen LogP contribution in [-0.2, 0) is 5.54 Å². The summed E-state index contributed by atoms with van der Waals surface area (Å²) in [5.74, 6) is 0. The van der Waals surface area contributed by atoms with Gasteiger partial charge in [-0.1, -0.05) is 37.1 Å². The van der Waals surface area contributed by atoms with E-state index in [4.69, 9.17) is 11.6 Å². The van der Waals surface area contributed by atoms with Crippen molar-refractivity contribution in [3.8, 4) is 0 Å². The van der Waals surface area contributed by atoms with Crippen LogP contribution in [0.2, 0.25) is 5.02 Å². The Kier molecular flexibility index (Phi) is 3.32. The van der Waals surface area contributed by atoms with Crippen LogP contribution in [0.1, 0.15) is 38.2 Å². The van der Waals surface area contributed by atoms with Gasteiger partial charge in [-0.3, -0.25) is 0 Å². The van der Waals surface area contributed by atoms with Crippen LogP contribution in [0.15, 0.2) is 24.3 Å². The Morgan fingerprint density at radius 1 is 1.27 bits per heavy atom. The van der Waals surface area contributed by atoms with Crippen molar-refractivity contribution in [3.05, 3.63) is 34.9 Å². The molecule has 1 aliphatic heterocycles. The molecule has 1 nitrogen and oxygen atoms in total. The topological polar surface area (TPSA) is 12.0 Å². The molecule has 15 heavy (non-hydrogen) atoms. The zero-order chi connectivity index (χ0) is 10.7. The van der Waals surface area contributed by atoms with Gasteiger partial charge in [0.1, 0.15) is 0 Å². The summed E-state index contributed by atoms with van der Waals surface area (Å²) >= 11 is 5.92. The molecule has 0 saturated carbocycles. The standard InChI is InChI=1S/C13H18ClN/c1-2-13(9-3-4-10-15-13)11-5-7-12(14)8-6-11/h5-8,15H,2-4,9-10H2,1H3. The second kappa shape index (κ2) is 4.54. The van der Waals surface area contributed by atoms with E-state index in [1.54, 1.807) is 0 Å². The first-order chi connectivity index (χ1) is 7.27. The van der Waals surface area contributed by atoms with Crippen molar-refractivity contribution in [2.45, 2.75) is 38.1 Å². The molecule has 0 aromatic heterocycles. The van der Waals surface area contributed by atoms with E-state index in [0.717, 1.165) is 18.0 Å². The molecule has 1 aliphatic rings. The SMILES string of the molecule is CCC1(c2ccc(Cl)cc2)CCCCN1. The normalized spacial score (nSPS) is 26.5. The molecule has 1 aromatic rings. The molecule has 0 amide bonds. The highest BCUT2D eigenvalue weighted by Gasteiger charge is 2.31. The lowest BCUT2D eigenvalue weighted by Gasteiger charge is -2.38. The van der Waals surface area contributed by atoms with Crippen molar-refractivity contribution in [1.82, 2.24) is 5.32 Å². The van der Waals surface area contributed by atoms with E-state index >= 15 is 0 Å². The van der Waals surface area contributed by atoms with E-state index in [9.17, 15) is 0 Å². The Bertz CT molecular complexity index is 312. The summed E-state index contributed by atoms with van der Waals surface area (Å²) in [6, 6.07) is 8.30. The number of benzene rings is 1. The lowest BCUT2D eigenvalue weighted by molar-refractivity contribution is 0.248. The smallest absolute Gasteiger partial charge is 0.0432 e. The Balaban J connectivity index is 2.28. The Morgan fingerprint density at radius 3 is 2.53 bits per heavy atom. The number of rotatable bonds is 2. The Hall–Kier alpha value is -0.530. The summed E-state index contributed by atoms with van der Waals surface area (Å²) < 4.78 is 0. The summed E-state index contributed by atoms with van der Waals surface area (Å²) in [5, 5.41) is 4.50. The third-order valence-electron chi connectivity index (χ3n) is 3.49. The molecular weight excluding hydrogens is 206 g/mol. The molecule has 2 rings (SSSR count). The van der Waals surface area contributed by atoms with E-state index in [1.807, 2.05) is 12.1 Å². The summed E-state index contributed by atoms with van der Waals surface area (Å²) in [4.78, 5) is 0. The fraction of sp³-hybridized carbons (Fsp3) is 0.538. The van der Waals surface area contributed by atoms with Gasteiger partial charge in [0.2, 0.25) is 0 Å². The molecule has 1 fully saturated rings. The van der Waals surface area contributed by atoms with E-state index in [1.165, 1.54) is 24.8 Å². The van der Waals surface area contributed by atoms with Crippen molar-refractivity contribution in [1.29, 1.82) is 0 Å². The average molecular weight is 224 g/mol. The van der Waals surface area contributed by atoms with E-state index in [0.29, 0.717) is 0 Å². The first kappa shape index (κ1) is 11.0. The van der Waals surface area contributed by atoms with Gasteiger partial charge in [-0.25, -0.2) is 0 Å². The first-order valence-electron chi connectivity index (χ1n) is 5.78. The molecule has 0 aliphatic carbocycles. The van der Waals surface area contributed by atoms with Crippen LogP contribution >= 0.6 is 11.6 Å². The van der Waals surface area contributed by atoms with Crippen LogP contribution in [0.25, 0.3) is 0 Å². The van der Waals surface area contributed by atoms with Gasteiger partial charge in [-0.05, 0) is 43.5 Å². The number of piperidine rings is 1. The van der Waals surface area contributed by atoms with E-state index < -0.39 is 0 Å². The average Bonchev–Trinajstić information content (AvgIpc) is 2.31. The number of nitrogens with one attached hydrogen (secondary N) is 1. The maximum absolute atomic E-state index is 5.92. The van der Waals surface area contributed by atoms with Crippen LogP contribution in [0, 0.1) is 0 Å². The zero-order valence-electron chi connectivity index (χ0n) is 9.22. The second-order valence-corrected chi connectivity index (χ2v) is 4.76. The molecule has 1 atom stereocenters. The summed E-state index contributed by atoms with van der Waals surface area (Å²) in [6.45, 7) is 3.39. The van der Waals surface area contributed by atoms with Gasteiger partial charge in [0.15, 0.2) is 0 Å². The molecule has 2 heteroatoms. The highest BCUT2D eigenvalue weighted by atomic mass is 35.5. The fourth-order valence-electron chi connectivity index (χ4n) is 2.49. The minimum Gasteiger partial charge on any atom is -0.307 e. The number of halogens is 1. The molecule has 0 bridgehead atoms. The molecule has 1 unspecified atom stereocenters. The monoisotopic (exact) mass is 223 g/mol. The largest absolute Gasteiger partial charge is 0.307 e. The van der Waals surface area contributed by atoms with Crippen LogP contribution in [-0.4, -0.2) is 6.54 Å². The maximum Gasteiger partial charge on any atom is 0.0432 e. The fourth-order valence-corrected chi connectivity index (χ4v) is 2.62. The predicted molar refractivity (Wildman–Crippen MR) is 65.3 cm³/mol. The van der Waals surface area contributed by atoms with Crippen LogP contribution < -0.4 is 5.32 Å². The quantitative estimate of drug-likeness (QED) is 0.806. The number of hydrogen-bond donors (Lipinski definition) is 1.